The van der Waals surface area contributed by atoms with Gasteiger partial charge < -0.3 is 4.57 Å². The fourth-order valence-corrected chi connectivity index (χ4v) is 7.04. The van der Waals surface area contributed by atoms with Crippen LogP contribution in [0.1, 0.15) is 43.9 Å². The van der Waals surface area contributed by atoms with Crippen molar-refractivity contribution in [2.75, 3.05) is 0 Å². The van der Waals surface area contributed by atoms with E-state index in [4.69, 9.17) is 32.9 Å². The first kappa shape index (κ1) is 13.5. The summed E-state index contributed by atoms with van der Waals surface area (Å²) in [6, 6.07) is -29.0. The fraction of sp³-hybridized carbons (Fsp3) is 0. The van der Waals surface area contributed by atoms with Gasteiger partial charge in [0.1, 0.15) is 0 Å². The molecule has 0 unspecified atom stereocenters. The number of fused-ring (bicyclic) bond motifs is 6. The molecule has 11 rings (SSSR count). The Morgan fingerprint density at radius 3 is 1.59 bits per heavy atom. The lowest BCUT2D eigenvalue weighted by Gasteiger charge is -2.11. The molecule has 4 nitrogen and oxygen atoms in total. The Bertz CT molecular complexity index is 4970. The van der Waals surface area contributed by atoms with E-state index in [1.54, 1.807) is 0 Å². The lowest BCUT2D eigenvalue weighted by Crippen LogP contribution is -2.00. The number of para-hydroxylation sites is 2. The molecule has 0 aliphatic rings. The molecule has 0 atom stereocenters. The molecule has 0 fully saturated rings. The molecule has 11 aromatic rings. The van der Waals surface area contributed by atoms with Crippen LogP contribution in [0.4, 0.5) is 0 Å². The van der Waals surface area contributed by atoms with Gasteiger partial charge in [-0.3, -0.25) is 0 Å². The summed E-state index contributed by atoms with van der Waals surface area (Å²) < 4.78 is 285. The van der Waals surface area contributed by atoms with Gasteiger partial charge in [0, 0.05) is 53.3 Å². The average Bonchev–Trinajstić information content (AvgIpc) is 1.45. The first-order valence-electron chi connectivity index (χ1n) is 32.2. The lowest BCUT2D eigenvalue weighted by atomic mass is 10.0. The van der Waals surface area contributed by atoms with Gasteiger partial charge in [0.05, 0.1) is 54.9 Å². The zero-order chi connectivity index (χ0) is 64.9. The van der Waals surface area contributed by atoms with Crippen LogP contribution in [0.25, 0.3) is 104 Å². The first-order chi connectivity index (χ1) is 41.1. The molecule has 0 spiro atoms. The number of hydrogen-bond donors (Lipinski definition) is 0. The SMILES string of the molecule is [2H]c1c([2H])c([2H])c(-c2nc(-c3c([2H])c([2H])c(-c4c([2H])c([2H])c([2H])c(-n5c6c([2H])c([2H])c([2H])c([2H])c6c6c([2H])c([2H])c([2H])c([2H])c65)c4[2H])c([2H])c3[2H])nc(-c3c([2H])c([2H])c4c(sc5c(-c6c([2H])c([2H])c([2H])c([2H])c6[2H])c([2H])c([2H])c([2H])c54)c3[2H])n2)c([2H])c1[2H]. The minimum atomic E-state index is -1.13. The third kappa shape index (κ3) is 5.48. The van der Waals surface area contributed by atoms with E-state index in [1.165, 1.54) is 0 Å². The van der Waals surface area contributed by atoms with Crippen molar-refractivity contribution in [1.29, 1.82) is 0 Å². The Balaban J connectivity index is 1.22. The van der Waals surface area contributed by atoms with E-state index in [-0.39, 0.29) is 20.2 Å². The van der Waals surface area contributed by atoms with Crippen LogP contribution in [0.2, 0.25) is 0 Å². The Hall–Kier alpha value is -7.21. The topological polar surface area (TPSA) is 43.6 Å². The minimum Gasteiger partial charge on any atom is -0.309 e. The Morgan fingerprint density at radius 1 is 0.375 bits per heavy atom. The highest BCUT2D eigenvalue weighted by molar-refractivity contribution is 7.26. The quantitative estimate of drug-likeness (QED) is 0.169. The van der Waals surface area contributed by atoms with Crippen LogP contribution in [0, 0.1) is 0 Å². The normalized spacial score (nSPS) is 19.6. The second-order valence-corrected chi connectivity index (χ2v) is 12.6. The Labute approximate surface area is 372 Å². The molecule has 0 amide bonds. The summed E-state index contributed by atoms with van der Waals surface area (Å²) in [6.07, 6.45) is 0. The summed E-state index contributed by atoms with van der Waals surface area (Å²) in [6.45, 7) is 0. The average molecular weight is 765 g/mol. The molecule has 5 heteroatoms. The van der Waals surface area contributed by atoms with Crippen LogP contribution >= 0.6 is 11.3 Å². The Morgan fingerprint density at radius 2 is 0.893 bits per heavy atom. The number of rotatable bonds is 6. The minimum absolute atomic E-state index is 0.220. The van der Waals surface area contributed by atoms with Gasteiger partial charge in [0.15, 0.2) is 17.5 Å². The maximum absolute atomic E-state index is 9.66. The lowest BCUT2D eigenvalue weighted by molar-refractivity contribution is 1.07. The summed E-state index contributed by atoms with van der Waals surface area (Å²) in [5.74, 6) is -2.65. The largest absolute Gasteiger partial charge is 0.309 e. The van der Waals surface area contributed by atoms with Crippen molar-refractivity contribution >= 4 is 53.3 Å². The third-order valence-corrected chi connectivity index (χ3v) is 9.48. The monoisotopic (exact) mass is 764 g/mol. The summed E-state index contributed by atoms with van der Waals surface area (Å²) in [5.41, 5.74) is -7.29. The number of aromatic nitrogens is 4. The van der Waals surface area contributed by atoms with Crippen molar-refractivity contribution in [2.45, 2.75) is 0 Å². The molecule has 8 aromatic carbocycles. The van der Waals surface area contributed by atoms with E-state index in [2.05, 4.69) is 15.0 Å². The molecule has 0 aliphatic carbocycles. The van der Waals surface area contributed by atoms with Crippen LogP contribution in [-0.2, 0) is 0 Å². The zero-order valence-corrected chi connectivity index (χ0v) is 28.5. The Kier molecular flexibility index (Phi) is 3.20. The van der Waals surface area contributed by atoms with Gasteiger partial charge in [-0.1, -0.05) is 163 Å². The van der Waals surface area contributed by atoms with Crippen molar-refractivity contribution in [3.05, 3.63) is 193 Å². The fourth-order valence-electron chi connectivity index (χ4n) is 5.92. The maximum Gasteiger partial charge on any atom is 0.164 e. The van der Waals surface area contributed by atoms with Crippen LogP contribution in [0.15, 0.2) is 193 Å². The molecule has 56 heavy (non-hydrogen) atoms. The summed E-state index contributed by atoms with van der Waals surface area (Å²) in [7, 11) is 0. The molecule has 0 saturated carbocycles. The molecule has 0 bridgehead atoms. The molecular formula is C51H32N4S. The summed E-state index contributed by atoms with van der Waals surface area (Å²) in [5, 5.41) is -1.66. The van der Waals surface area contributed by atoms with Crippen molar-refractivity contribution < 1.29 is 43.9 Å². The van der Waals surface area contributed by atoms with Crippen LogP contribution < -0.4 is 0 Å². The highest BCUT2D eigenvalue weighted by atomic mass is 32.1. The van der Waals surface area contributed by atoms with Crippen molar-refractivity contribution in [3.63, 3.8) is 0 Å². The van der Waals surface area contributed by atoms with Gasteiger partial charge in [-0.2, -0.15) is 0 Å². The maximum atomic E-state index is 9.66. The van der Waals surface area contributed by atoms with Crippen molar-refractivity contribution in [1.82, 2.24) is 19.5 Å². The van der Waals surface area contributed by atoms with E-state index < -0.39 is 277 Å². The van der Waals surface area contributed by atoms with Crippen molar-refractivity contribution in [3.8, 4) is 62.1 Å². The molecule has 3 aromatic heterocycles. The number of benzene rings is 8. The third-order valence-electron chi connectivity index (χ3n) is 8.36. The van der Waals surface area contributed by atoms with E-state index in [0.717, 1.165) is 0 Å². The predicted molar refractivity (Wildman–Crippen MR) is 234 cm³/mol. The van der Waals surface area contributed by atoms with Gasteiger partial charge in [-0.05, 0) is 52.5 Å². The van der Waals surface area contributed by atoms with Gasteiger partial charge in [-0.25, -0.2) is 15.0 Å². The van der Waals surface area contributed by atoms with E-state index in [0.29, 0.717) is 15.9 Å². The standard InChI is InChI=1S/C51H32N4S/c1-3-13-34(14-4-1)40-21-12-22-44-43-30-29-38(32-47(43)56-48(40)44)51-53-49(35-15-5-2-6-16-35)52-50(54-51)36-27-25-33(26-28-36)37-17-11-18-39(31-37)55-45-23-9-7-19-41(45)42-20-8-10-24-46(42)55/h1-32H/i1D,2D,3D,4D,5D,6D,7D,8D,9D,10D,11D,12D,13D,14D,15D,16D,17D,18D,19D,20D,21D,22D,23D,24D,25D,26D,27D,28D,29D,30D,31D,32D. The number of hydrogen-bond acceptors (Lipinski definition) is 4. The van der Waals surface area contributed by atoms with E-state index in [9.17, 15) is 11.0 Å². The van der Waals surface area contributed by atoms with Gasteiger partial charge >= 0.3 is 0 Å². The second kappa shape index (κ2) is 13.3. The van der Waals surface area contributed by atoms with Crippen LogP contribution in [0.5, 0.6) is 0 Å². The van der Waals surface area contributed by atoms with E-state index >= 15 is 0 Å². The van der Waals surface area contributed by atoms with Crippen molar-refractivity contribution in [2.24, 2.45) is 0 Å². The predicted octanol–water partition coefficient (Wildman–Crippen LogP) is 13.7. The molecule has 3 heterocycles. The second-order valence-electron chi connectivity index (χ2n) is 11.6. The van der Waals surface area contributed by atoms with E-state index in [1.807, 2.05) is 0 Å². The number of nitrogens with zero attached hydrogens (tertiary/aromatic N) is 4. The van der Waals surface area contributed by atoms with Gasteiger partial charge in [0.25, 0.3) is 0 Å². The van der Waals surface area contributed by atoms with Crippen LogP contribution in [0.3, 0.4) is 0 Å². The van der Waals surface area contributed by atoms with Crippen LogP contribution in [-0.4, -0.2) is 19.5 Å². The summed E-state index contributed by atoms with van der Waals surface area (Å²) in [4.78, 5) is 13.0. The molecule has 0 aliphatic heterocycles. The highest BCUT2D eigenvalue weighted by Crippen LogP contribution is 2.41. The van der Waals surface area contributed by atoms with Gasteiger partial charge in [0.2, 0.25) is 0 Å². The first-order valence-corrected chi connectivity index (χ1v) is 17.0. The summed E-state index contributed by atoms with van der Waals surface area (Å²) >= 11 is 0.556. The smallest absolute Gasteiger partial charge is 0.164 e. The molecule has 0 radical (unpaired) electrons. The highest BCUT2D eigenvalue weighted by Gasteiger charge is 2.16. The molecular weight excluding hydrogens is 701 g/mol. The number of thiophene rings is 1. The molecule has 0 N–H and O–H groups in total. The zero-order valence-electron chi connectivity index (χ0n) is 59.7. The molecule has 262 valence electrons. The van der Waals surface area contributed by atoms with Gasteiger partial charge in [-0.15, -0.1) is 11.3 Å². The molecule has 0 saturated heterocycles.